The molecule has 4 aromatic rings. The quantitative estimate of drug-likeness (QED) is 0.594. The number of aromatic amines is 1. The molecule has 2 aromatic heterocycles. The molecule has 0 bridgehead atoms. The molecule has 128 valence electrons. The average Bonchev–Trinajstić information content (AvgIpc) is 2.97. The molecular weight excluding hydrogens is 336 g/mol. The number of fused-ring (bicyclic) bond motifs is 2. The van der Waals surface area contributed by atoms with Gasteiger partial charge in [0.1, 0.15) is 5.52 Å². The molecule has 0 radical (unpaired) electrons. The molecule has 4 rings (SSSR count). The minimum absolute atomic E-state index is 0. The summed E-state index contributed by atoms with van der Waals surface area (Å²) in [6, 6.07) is 14.2. The van der Waals surface area contributed by atoms with Gasteiger partial charge in [0, 0.05) is 24.5 Å². The van der Waals surface area contributed by atoms with Gasteiger partial charge >= 0.3 is 0 Å². The normalized spacial score (nSPS) is 11.0. The number of nitrogens with zero attached hydrogens (tertiary/aromatic N) is 2. The summed E-state index contributed by atoms with van der Waals surface area (Å²) in [5, 5.41) is 4.86. The van der Waals surface area contributed by atoms with E-state index in [1.54, 1.807) is 17.9 Å². The van der Waals surface area contributed by atoms with Crippen LogP contribution in [0.1, 0.15) is 16.7 Å². The summed E-state index contributed by atoms with van der Waals surface area (Å²) >= 11 is 0. The van der Waals surface area contributed by atoms with Crippen molar-refractivity contribution >= 4 is 34.3 Å². The van der Waals surface area contributed by atoms with E-state index in [0.29, 0.717) is 17.4 Å². The Morgan fingerprint density at radius 2 is 1.84 bits per heavy atom. The molecule has 0 aliphatic rings. The summed E-state index contributed by atoms with van der Waals surface area (Å²) < 4.78 is 1.62. The van der Waals surface area contributed by atoms with Crippen LogP contribution in [0.25, 0.3) is 21.9 Å². The number of aromatic nitrogens is 3. The predicted octanol–water partition coefficient (Wildman–Crippen LogP) is 2.89. The SMILES string of the molecule is Cl.Cn1ncc2[nH]c3ccc(Cc4cccc(CN)c4)cc3c(=O)c21. The zero-order valence-electron chi connectivity index (χ0n) is 13.8. The highest BCUT2D eigenvalue weighted by molar-refractivity contribution is 5.90. The van der Waals surface area contributed by atoms with Gasteiger partial charge in [-0.2, -0.15) is 5.10 Å². The van der Waals surface area contributed by atoms with Crippen molar-refractivity contribution in [1.82, 2.24) is 14.8 Å². The lowest BCUT2D eigenvalue weighted by Gasteiger charge is -2.06. The van der Waals surface area contributed by atoms with Crippen LogP contribution in [0.4, 0.5) is 0 Å². The highest BCUT2D eigenvalue weighted by atomic mass is 35.5. The van der Waals surface area contributed by atoms with Gasteiger partial charge in [-0.05, 0) is 35.2 Å². The first-order chi connectivity index (χ1) is 11.7. The molecule has 0 aliphatic carbocycles. The summed E-state index contributed by atoms with van der Waals surface area (Å²) in [4.78, 5) is 16.1. The maximum atomic E-state index is 12.8. The van der Waals surface area contributed by atoms with Crippen LogP contribution in [0.5, 0.6) is 0 Å². The Morgan fingerprint density at radius 1 is 1.08 bits per heavy atom. The van der Waals surface area contributed by atoms with E-state index in [1.165, 1.54) is 5.56 Å². The number of aryl methyl sites for hydroxylation is 1. The first-order valence-electron chi connectivity index (χ1n) is 7.90. The number of nitrogens with two attached hydrogens (primary N) is 1. The zero-order valence-corrected chi connectivity index (χ0v) is 14.6. The minimum atomic E-state index is 0. The van der Waals surface area contributed by atoms with Crippen molar-refractivity contribution < 1.29 is 0 Å². The lowest BCUT2D eigenvalue weighted by atomic mass is 10.0. The Bertz CT molecular complexity index is 1110. The minimum Gasteiger partial charge on any atom is -0.352 e. The van der Waals surface area contributed by atoms with Gasteiger partial charge in [0.05, 0.1) is 11.7 Å². The van der Waals surface area contributed by atoms with Crippen LogP contribution in [-0.4, -0.2) is 14.8 Å². The van der Waals surface area contributed by atoms with Crippen LogP contribution in [0.3, 0.4) is 0 Å². The van der Waals surface area contributed by atoms with E-state index in [0.717, 1.165) is 28.6 Å². The van der Waals surface area contributed by atoms with Crippen molar-refractivity contribution in [2.75, 3.05) is 0 Å². The second-order valence-corrected chi connectivity index (χ2v) is 6.07. The predicted molar refractivity (Wildman–Crippen MR) is 103 cm³/mol. The van der Waals surface area contributed by atoms with Crippen molar-refractivity contribution in [3.05, 3.63) is 75.6 Å². The van der Waals surface area contributed by atoms with Crippen LogP contribution >= 0.6 is 12.4 Å². The van der Waals surface area contributed by atoms with Crippen molar-refractivity contribution in [1.29, 1.82) is 0 Å². The number of nitrogens with one attached hydrogen (secondary N) is 1. The van der Waals surface area contributed by atoms with E-state index in [-0.39, 0.29) is 17.8 Å². The summed E-state index contributed by atoms with van der Waals surface area (Å²) in [5.41, 5.74) is 11.3. The van der Waals surface area contributed by atoms with E-state index >= 15 is 0 Å². The second kappa shape index (κ2) is 6.70. The molecule has 0 fully saturated rings. The zero-order chi connectivity index (χ0) is 16.7. The van der Waals surface area contributed by atoms with Crippen LogP contribution in [-0.2, 0) is 20.0 Å². The molecule has 3 N–H and O–H groups in total. The lowest BCUT2D eigenvalue weighted by molar-refractivity contribution is 0.795. The van der Waals surface area contributed by atoms with Crippen molar-refractivity contribution in [2.24, 2.45) is 12.8 Å². The smallest absolute Gasteiger partial charge is 0.215 e. The molecule has 0 saturated heterocycles. The molecule has 5 nitrogen and oxygen atoms in total. The Hall–Kier alpha value is -2.63. The maximum absolute atomic E-state index is 12.8. The van der Waals surface area contributed by atoms with E-state index in [9.17, 15) is 4.79 Å². The third-order valence-corrected chi connectivity index (χ3v) is 4.39. The molecule has 0 unspecified atom stereocenters. The Balaban J connectivity index is 0.00000182. The molecule has 6 heteroatoms. The molecule has 0 atom stereocenters. The van der Waals surface area contributed by atoms with E-state index < -0.39 is 0 Å². The van der Waals surface area contributed by atoms with Crippen LogP contribution in [0.2, 0.25) is 0 Å². The Labute approximate surface area is 150 Å². The largest absolute Gasteiger partial charge is 0.352 e. The molecule has 0 amide bonds. The number of H-pyrrole nitrogens is 1. The first kappa shape index (κ1) is 17.2. The van der Waals surface area contributed by atoms with Gasteiger partial charge in [0.25, 0.3) is 0 Å². The number of halogens is 1. The van der Waals surface area contributed by atoms with Gasteiger partial charge in [-0.25, -0.2) is 0 Å². The van der Waals surface area contributed by atoms with Crippen molar-refractivity contribution in [3.63, 3.8) is 0 Å². The summed E-state index contributed by atoms with van der Waals surface area (Å²) in [5.74, 6) is 0. The third-order valence-electron chi connectivity index (χ3n) is 4.39. The molecule has 0 aliphatic heterocycles. The van der Waals surface area contributed by atoms with E-state index in [1.807, 2.05) is 24.3 Å². The van der Waals surface area contributed by atoms with Gasteiger partial charge in [-0.1, -0.05) is 30.3 Å². The van der Waals surface area contributed by atoms with Gasteiger partial charge in [0.2, 0.25) is 5.43 Å². The number of hydrogen-bond acceptors (Lipinski definition) is 3. The molecule has 0 saturated carbocycles. The average molecular weight is 355 g/mol. The van der Waals surface area contributed by atoms with Crippen molar-refractivity contribution in [2.45, 2.75) is 13.0 Å². The fourth-order valence-electron chi connectivity index (χ4n) is 3.17. The van der Waals surface area contributed by atoms with Gasteiger partial charge < -0.3 is 10.7 Å². The van der Waals surface area contributed by atoms with Crippen LogP contribution in [0, 0.1) is 0 Å². The molecular formula is C19H19ClN4O. The first-order valence-corrected chi connectivity index (χ1v) is 7.90. The van der Waals surface area contributed by atoms with Crippen LogP contribution in [0.15, 0.2) is 53.5 Å². The van der Waals surface area contributed by atoms with Gasteiger partial charge in [0.15, 0.2) is 0 Å². The molecule has 2 aromatic carbocycles. The van der Waals surface area contributed by atoms with E-state index in [2.05, 4.69) is 28.3 Å². The van der Waals surface area contributed by atoms with Crippen molar-refractivity contribution in [3.8, 4) is 0 Å². The van der Waals surface area contributed by atoms with Crippen LogP contribution < -0.4 is 11.2 Å². The number of rotatable bonds is 3. The number of benzene rings is 2. The molecule has 25 heavy (non-hydrogen) atoms. The topological polar surface area (TPSA) is 76.7 Å². The lowest BCUT2D eigenvalue weighted by Crippen LogP contribution is -2.08. The second-order valence-electron chi connectivity index (χ2n) is 6.07. The number of hydrogen-bond donors (Lipinski definition) is 2. The Kier molecular flexibility index (Phi) is 4.61. The maximum Gasteiger partial charge on any atom is 0.215 e. The Morgan fingerprint density at radius 3 is 2.64 bits per heavy atom. The highest BCUT2D eigenvalue weighted by Crippen LogP contribution is 2.18. The summed E-state index contributed by atoms with van der Waals surface area (Å²) in [6.45, 7) is 0.531. The van der Waals surface area contributed by atoms with Gasteiger partial charge in [-0.3, -0.25) is 9.48 Å². The molecule has 0 spiro atoms. The van der Waals surface area contributed by atoms with Gasteiger partial charge in [-0.15, -0.1) is 12.4 Å². The summed E-state index contributed by atoms with van der Waals surface area (Å²) in [7, 11) is 1.78. The summed E-state index contributed by atoms with van der Waals surface area (Å²) in [6.07, 6.45) is 2.45. The fraction of sp³-hybridized carbons (Fsp3) is 0.158. The monoisotopic (exact) mass is 354 g/mol. The number of pyridine rings is 1. The van der Waals surface area contributed by atoms with E-state index in [4.69, 9.17) is 5.73 Å². The standard InChI is InChI=1S/C19H18N4O.ClH/c1-23-18-17(11-21-23)22-16-6-5-13(9-15(16)19(18)24)7-12-3-2-4-14(8-12)10-20;/h2-6,8-9,11H,7,10,20H2,1H3,(H,22,24);1H. The highest BCUT2D eigenvalue weighted by Gasteiger charge is 2.10. The fourth-order valence-corrected chi connectivity index (χ4v) is 3.17. The molecule has 2 heterocycles. The third kappa shape index (κ3) is 3.04.